The van der Waals surface area contributed by atoms with Gasteiger partial charge in [-0.25, -0.2) is 13.2 Å². The first kappa shape index (κ1) is 12.0. The van der Waals surface area contributed by atoms with Crippen LogP contribution in [0.5, 0.6) is 0 Å². The summed E-state index contributed by atoms with van der Waals surface area (Å²) in [6.07, 6.45) is 0.753. The Bertz CT molecular complexity index is 339. The highest BCUT2D eigenvalue weighted by atomic mass is 19.2. The summed E-state index contributed by atoms with van der Waals surface area (Å²) < 4.78 is 43.7. The highest BCUT2D eigenvalue weighted by molar-refractivity contribution is 5.19. The highest BCUT2D eigenvalue weighted by Crippen LogP contribution is 2.15. The van der Waals surface area contributed by atoms with Crippen LogP contribution in [0.2, 0.25) is 0 Å². The summed E-state index contributed by atoms with van der Waals surface area (Å²) in [6, 6.07) is 1.36. The van der Waals surface area contributed by atoms with Crippen LogP contribution >= 0.6 is 0 Å². The topological polar surface area (TPSA) is 9.23 Å². The molecule has 4 heteroatoms. The lowest BCUT2D eigenvalue weighted by Crippen LogP contribution is -2.07. The first-order valence-electron chi connectivity index (χ1n) is 4.79. The van der Waals surface area contributed by atoms with Crippen LogP contribution in [0.25, 0.3) is 0 Å². The fourth-order valence-electron chi connectivity index (χ4n) is 1.02. The Hall–Kier alpha value is -1.03. The lowest BCUT2D eigenvalue weighted by molar-refractivity contribution is 0.0490. The second-order valence-corrected chi connectivity index (χ2v) is 3.39. The number of ether oxygens (including phenoxy) is 1. The van der Waals surface area contributed by atoms with Gasteiger partial charge in [-0.2, -0.15) is 0 Å². The standard InChI is InChI=1S/C11H13F3O/c1-3-7(2)15-6-8-4-10(13)11(14)5-9(8)12/h4-5,7H,3,6H2,1-2H3. The SMILES string of the molecule is CCC(C)OCc1cc(F)c(F)cc1F. The van der Waals surface area contributed by atoms with E-state index < -0.39 is 17.5 Å². The van der Waals surface area contributed by atoms with Crippen molar-refractivity contribution in [2.75, 3.05) is 0 Å². The van der Waals surface area contributed by atoms with Crippen molar-refractivity contribution in [1.29, 1.82) is 0 Å². The van der Waals surface area contributed by atoms with E-state index in [4.69, 9.17) is 4.74 Å². The molecule has 0 aliphatic heterocycles. The van der Waals surface area contributed by atoms with Crippen LogP contribution in [0.4, 0.5) is 13.2 Å². The molecule has 0 aliphatic carbocycles. The molecule has 84 valence electrons. The van der Waals surface area contributed by atoms with Crippen molar-refractivity contribution in [3.05, 3.63) is 35.1 Å². The molecule has 0 spiro atoms. The van der Waals surface area contributed by atoms with E-state index in [-0.39, 0.29) is 18.3 Å². The minimum atomic E-state index is -1.18. The van der Waals surface area contributed by atoms with Gasteiger partial charge >= 0.3 is 0 Å². The summed E-state index contributed by atoms with van der Waals surface area (Å²) in [5.74, 6) is -3.02. The maximum Gasteiger partial charge on any atom is 0.161 e. The second kappa shape index (κ2) is 5.16. The number of hydrogen-bond acceptors (Lipinski definition) is 1. The normalized spacial score (nSPS) is 12.9. The zero-order valence-corrected chi connectivity index (χ0v) is 8.69. The van der Waals surface area contributed by atoms with Gasteiger partial charge in [0.25, 0.3) is 0 Å². The summed E-state index contributed by atoms with van der Waals surface area (Å²) in [4.78, 5) is 0. The molecule has 1 aromatic carbocycles. The van der Waals surface area contributed by atoms with Crippen molar-refractivity contribution in [3.8, 4) is 0 Å². The van der Waals surface area contributed by atoms with E-state index in [1.807, 2.05) is 13.8 Å². The van der Waals surface area contributed by atoms with Gasteiger partial charge in [0.05, 0.1) is 12.7 Å². The van der Waals surface area contributed by atoms with E-state index in [0.717, 1.165) is 12.5 Å². The number of rotatable bonds is 4. The van der Waals surface area contributed by atoms with Crippen molar-refractivity contribution in [2.24, 2.45) is 0 Å². The average molecular weight is 218 g/mol. The van der Waals surface area contributed by atoms with E-state index in [9.17, 15) is 13.2 Å². The molecule has 0 bridgehead atoms. The first-order valence-corrected chi connectivity index (χ1v) is 4.79. The Morgan fingerprint density at radius 3 is 2.33 bits per heavy atom. The number of hydrogen-bond donors (Lipinski definition) is 0. The molecular formula is C11H13F3O. The van der Waals surface area contributed by atoms with Gasteiger partial charge in [-0.1, -0.05) is 6.92 Å². The molecule has 1 nitrogen and oxygen atoms in total. The zero-order valence-electron chi connectivity index (χ0n) is 8.69. The lowest BCUT2D eigenvalue weighted by atomic mass is 10.2. The quantitative estimate of drug-likeness (QED) is 0.703. The minimum Gasteiger partial charge on any atom is -0.374 e. The van der Waals surface area contributed by atoms with Gasteiger partial charge in [-0.3, -0.25) is 0 Å². The molecule has 0 saturated heterocycles. The van der Waals surface area contributed by atoms with Crippen LogP contribution in [0.3, 0.4) is 0 Å². The Kier molecular flexibility index (Phi) is 4.15. The van der Waals surface area contributed by atoms with E-state index in [0.29, 0.717) is 6.07 Å². The Morgan fingerprint density at radius 2 is 1.73 bits per heavy atom. The predicted molar refractivity (Wildman–Crippen MR) is 50.9 cm³/mol. The Morgan fingerprint density at radius 1 is 1.13 bits per heavy atom. The molecule has 1 unspecified atom stereocenters. The summed E-state index contributed by atoms with van der Waals surface area (Å²) in [5, 5.41) is 0. The van der Waals surface area contributed by atoms with Crippen LogP contribution in [-0.2, 0) is 11.3 Å². The van der Waals surface area contributed by atoms with E-state index >= 15 is 0 Å². The van der Waals surface area contributed by atoms with Crippen LogP contribution in [0, 0.1) is 17.5 Å². The number of benzene rings is 1. The summed E-state index contributed by atoms with van der Waals surface area (Å²) in [5.41, 5.74) is 0.0363. The van der Waals surface area contributed by atoms with Gasteiger partial charge in [-0.15, -0.1) is 0 Å². The molecule has 0 N–H and O–H groups in total. The van der Waals surface area contributed by atoms with Gasteiger partial charge < -0.3 is 4.74 Å². The zero-order chi connectivity index (χ0) is 11.4. The largest absolute Gasteiger partial charge is 0.374 e. The van der Waals surface area contributed by atoms with Crippen molar-refractivity contribution in [1.82, 2.24) is 0 Å². The van der Waals surface area contributed by atoms with Crippen molar-refractivity contribution in [2.45, 2.75) is 33.0 Å². The average Bonchev–Trinajstić information content (AvgIpc) is 2.21. The summed E-state index contributed by atoms with van der Waals surface area (Å²) in [7, 11) is 0. The minimum absolute atomic E-state index is 0.0301. The van der Waals surface area contributed by atoms with Gasteiger partial charge in [0.1, 0.15) is 5.82 Å². The van der Waals surface area contributed by atoms with Crippen molar-refractivity contribution < 1.29 is 17.9 Å². The van der Waals surface area contributed by atoms with Crippen molar-refractivity contribution in [3.63, 3.8) is 0 Å². The molecule has 0 amide bonds. The molecule has 1 rings (SSSR count). The third kappa shape index (κ3) is 3.23. The maximum absolute atomic E-state index is 13.1. The molecular weight excluding hydrogens is 205 g/mol. The molecule has 1 atom stereocenters. The fourth-order valence-corrected chi connectivity index (χ4v) is 1.02. The van der Waals surface area contributed by atoms with Gasteiger partial charge in [0.15, 0.2) is 11.6 Å². The number of halogens is 3. The molecule has 15 heavy (non-hydrogen) atoms. The summed E-state index contributed by atoms with van der Waals surface area (Å²) in [6.45, 7) is 3.71. The molecule has 0 heterocycles. The maximum atomic E-state index is 13.1. The van der Waals surface area contributed by atoms with Gasteiger partial charge in [0, 0.05) is 11.6 Å². The second-order valence-electron chi connectivity index (χ2n) is 3.39. The van der Waals surface area contributed by atoms with Crippen molar-refractivity contribution >= 4 is 0 Å². The van der Waals surface area contributed by atoms with Gasteiger partial charge in [0.2, 0.25) is 0 Å². The molecule has 0 aliphatic rings. The van der Waals surface area contributed by atoms with Crippen LogP contribution in [-0.4, -0.2) is 6.10 Å². The Labute approximate surface area is 86.9 Å². The summed E-state index contributed by atoms with van der Waals surface area (Å²) >= 11 is 0. The smallest absolute Gasteiger partial charge is 0.161 e. The van der Waals surface area contributed by atoms with E-state index in [1.165, 1.54) is 0 Å². The third-order valence-corrected chi connectivity index (χ3v) is 2.19. The molecule has 1 aromatic rings. The molecule has 0 saturated carbocycles. The van der Waals surface area contributed by atoms with Crippen LogP contribution in [0.15, 0.2) is 12.1 Å². The monoisotopic (exact) mass is 218 g/mol. The van der Waals surface area contributed by atoms with Crippen LogP contribution < -0.4 is 0 Å². The highest BCUT2D eigenvalue weighted by Gasteiger charge is 2.10. The Balaban J connectivity index is 2.73. The van der Waals surface area contributed by atoms with Gasteiger partial charge in [-0.05, 0) is 19.4 Å². The first-order chi connectivity index (χ1) is 7.04. The molecule has 0 fully saturated rings. The van der Waals surface area contributed by atoms with E-state index in [1.54, 1.807) is 0 Å². The third-order valence-electron chi connectivity index (χ3n) is 2.19. The lowest BCUT2D eigenvalue weighted by Gasteiger charge is -2.11. The molecule has 0 radical (unpaired) electrons. The molecule has 0 aromatic heterocycles. The van der Waals surface area contributed by atoms with Crippen LogP contribution in [0.1, 0.15) is 25.8 Å². The predicted octanol–water partition coefficient (Wildman–Crippen LogP) is 3.42. The fraction of sp³-hybridized carbons (Fsp3) is 0.455. The van der Waals surface area contributed by atoms with E-state index in [2.05, 4.69) is 0 Å².